The number of methoxy groups -OCH3 is 1. The SMILES string of the molecule is CCC(=Cc1cccc(OC)c1)S(=O)(=O)NC(=O)N(c1ccccc1)c1ccccc1. The first kappa shape index (κ1) is 22.1. The summed E-state index contributed by atoms with van der Waals surface area (Å²) in [7, 11) is -2.53. The van der Waals surface area contributed by atoms with Crippen LogP contribution in [0.2, 0.25) is 0 Å². The molecule has 0 spiro atoms. The van der Waals surface area contributed by atoms with Crippen molar-refractivity contribution in [3.05, 3.63) is 95.4 Å². The third-order valence-electron chi connectivity index (χ3n) is 4.57. The van der Waals surface area contributed by atoms with Gasteiger partial charge >= 0.3 is 6.03 Å². The molecule has 0 bridgehead atoms. The number of nitrogens with zero attached hydrogens (tertiary/aromatic N) is 1. The van der Waals surface area contributed by atoms with Gasteiger partial charge in [0.2, 0.25) is 0 Å². The fourth-order valence-electron chi connectivity index (χ4n) is 3.05. The molecule has 0 aliphatic heterocycles. The fraction of sp³-hybridized carbons (Fsp3) is 0.125. The van der Waals surface area contributed by atoms with Crippen molar-refractivity contribution in [1.82, 2.24) is 4.72 Å². The van der Waals surface area contributed by atoms with Crippen LogP contribution in [0, 0.1) is 0 Å². The van der Waals surface area contributed by atoms with Gasteiger partial charge in [0.25, 0.3) is 10.0 Å². The Bertz CT molecular complexity index is 1120. The van der Waals surface area contributed by atoms with E-state index in [0.717, 1.165) is 0 Å². The van der Waals surface area contributed by atoms with Crippen molar-refractivity contribution >= 4 is 33.5 Å². The van der Waals surface area contributed by atoms with E-state index in [4.69, 9.17) is 4.74 Å². The summed E-state index contributed by atoms with van der Waals surface area (Å²) in [6.07, 6.45) is 1.75. The van der Waals surface area contributed by atoms with Crippen LogP contribution in [0.1, 0.15) is 18.9 Å². The third kappa shape index (κ3) is 5.52. The summed E-state index contributed by atoms with van der Waals surface area (Å²) < 4.78 is 33.5. The lowest BCUT2D eigenvalue weighted by atomic mass is 10.2. The number of anilines is 2. The van der Waals surface area contributed by atoms with Crippen molar-refractivity contribution in [2.24, 2.45) is 0 Å². The summed E-state index contributed by atoms with van der Waals surface area (Å²) in [6.45, 7) is 1.72. The number of ether oxygens (including phenoxy) is 1. The van der Waals surface area contributed by atoms with Crippen LogP contribution in [0.15, 0.2) is 89.8 Å². The number of nitrogens with one attached hydrogen (secondary N) is 1. The predicted octanol–water partition coefficient (Wildman–Crippen LogP) is 5.32. The molecule has 0 aliphatic rings. The van der Waals surface area contributed by atoms with Gasteiger partial charge < -0.3 is 4.74 Å². The Morgan fingerprint density at radius 1 is 0.935 bits per heavy atom. The van der Waals surface area contributed by atoms with E-state index in [1.165, 1.54) is 11.0 Å². The van der Waals surface area contributed by atoms with Crippen LogP contribution < -0.4 is 14.4 Å². The van der Waals surface area contributed by atoms with Gasteiger partial charge in [0, 0.05) is 0 Å². The smallest absolute Gasteiger partial charge is 0.340 e. The Hall–Kier alpha value is -3.58. The molecule has 1 N–H and O–H groups in total. The Labute approximate surface area is 182 Å². The summed E-state index contributed by atoms with van der Waals surface area (Å²) in [5.41, 5.74) is 1.77. The minimum Gasteiger partial charge on any atom is -0.497 e. The minimum absolute atomic E-state index is 0.0928. The normalized spacial score (nSPS) is 11.6. The second-order valence-electron chi connectivity index (χ2n) is 6.66. The van der Waals surface area contributed by atoms with Crippen molar-refractivity contribution in [2.45, 2.75) is 13.3 Å². The molecular weight excluding hydrogens is 412 g/mol. The number of urea groups is 1. The molecular formula is C24H24N2O4S. The summed E-state index contributed by atoms with van der Waals surface area (Å²) in [6, 6.07) is 24.1. The Morgan fingerprint density at radius 3 is 2.03 bits per heavy atom. The number of carbonyl (C=O) groups excluding carboxylic acids is 1. The number of amides is 2. The van der Waals surface area contributed by atoms with Crippen LogP contribution in [0.4, 0.5) is 16.2 Å². The van der Waals surface area contributed by atoms with Crippen molar-refractivity contribution in [3.8, 4) is 5.75 Å². The van der Waals surface area contributed by atoms with E-state index < -0.39 is 16.1 Å². The topological polar surface area (TPSA) is 75.7 Å². The van der Waals surface area contributed by atoms with Gasteiger partial charge in [0.15, 0.2) is 0 Å². The number of carbonyl (C=O) groups is 1. The Morgan fingerprint density at radius 2 is 1.52 bits per heavy atom. The highest BCUT2D eigenvalue weighted by atomic mass is 32.2. The Balaban J connectivity index is 1.93. The van der Waals surface area contributed by atoms with E-state index in [1.807, 2.05) is 12.1 Å². The maximum atomic E-state index is 13.1. The van der Waals surface area contributed by atoms with E-state index in [-0.39, 0.29) is 11.3 Å². The van der Waals surface area contributed by atoms with Crippen LogP contribution >= 0.6 is 0 Å². The summed E-state index contributed by atoms with van der Waals surface area (Å²) in [4.78, 5) is 14.5. The molecule has 0 aromatic heterocycles. The molecule has 31 heavy (non-hydrogen) atoms. The lowest BCUT2D eigenvalue weighted by molar-refractivity contribution is 0.253. The van der Waals surface area contributed by atoms with Gasteiger partial charge in [-0.3, -0.25) is 4.90 Å². The summed E-state index contributed by atoms with van der Waals surface area (Å²) in [5.74, 6) is 0.616. The van der Waals surface area contributed by atoms with Crippen molar-refractivity contribution < 1.29 is 17.9 Å². The fourth-order valence-corrected chi connectivity index (χ4v) is 4.17. The average molecular weight is 437 g/mol. The first-order chi connectivity index (χ1) is 14.9. The van der Waals surface area contributed by atoms with E-state index in [1.54, 1.807) is 86.8 Å². The molecule has 3 aromatic rings. The van der Waals surface area contributed by atoms with Gasteiger partial charge in [0.05, 0.1) is 23.4 Å². The molecule has 0 radical (unpaired) electrons. The second kappa shape index (κ2) is 9.95. The first-order valence-electron chi connectivity index (χ1n) is 9.76. The highest BCUT2D eigenvalue weighted by Crippen LogP contribution is 2.26. The predicted molar refractivity (Wildman–Crippen MR) is 124 cm³/mol. The van der Waals surface area contributed by atoms with Gasteiger partial charge in [-0.2, -0.15) is 0 Å². The average Bonchev–Trinajstić information content (AvgIpc) is 2.78. The lowest BCUT2D eigenvalue weighted by Crippen LogP contribution is -2.40. The number of rotatable bonds is 7. The molecule has 160 valence electrons. The molecule has 0 saturated carbocycles. The van der Waals surface area contributed by atoms with Gasteiger partial charge in [0.1, 0.15) is 5.75 Å². The molecule has 3 aromatic carbocycles. The largest absolute Gasteiger partial charge is 0.497 e. The molecule has 0 aliphatic carbocycles. The summed E-state index contributed by atoms with van der Waals surface area (Å²) in [5, 5.41) is 0. The zero-order chi connectivity index (χ0) is 22.3. The monoisotopic (exact) mass is 436 g/mol. The van der Waals surface area contributed by atoms with E-state index in [2.05, 4.69) is 4.72 Å². The molecule has 3 rings (SSSR count). The zero-order valence-electron chi connectivity index (χ0n) is 17.4. The molecule has 0 saturated heterocycles. The van der Waals surface area contributed by atoms with Gasteiger partial charge in [-0.1, -0.05) is 55.5 Å². The molecule has 0 unspecified atom stereocenters. The molecule has 0 atom stereocenters. The molecule has 7 heteroatoms. The Kier molecular flexibility index (Phi) is 7.10. The van der Waals surface area contributed by atoms with Gasteiger partial charge in [-0.05, 0) is 54.5 Å². The molecule has 2 amide bonds. The van der Waals surface area contributed by atoms with Gasteiger partial charge in [-0.25, -0.2) is 17.9 Å². The van der Waals surface area contributed by atoms with Crippen LogP contribution in [-0.4, -0.2) is 21.6 Å². The maximum absolute atomic E-state index is 13.1. The second-order valence-corrected chi connectivity index (χ2v) is 8.39. The zero-order valence-corrected chi connectivity index (χ0v) is 18.2. The third-order valence-corrected chi connectivity index (χ3v) is 6.11. The van der Waals surface area contributed by atoms with Crippen LogP contribution in [0.5, 0.6) is 5.75 Å². The van der Waals surface area contributed by atoms with Crippen LogP contribution in [0.3, 0.4) is 0 Å². The van der Waals surface area contributed by atoms with Crippen LogP contribution in [-0.2, 0) is 10.0 Å². The highest BCUT2D eigenvalue weighted by molar-refractivity contribution is 7.94. The van der Waals surface area contributed by atoms with E-state index in [0.29, 0.717) is 22.7 Å². The minimum atomic E-state index is -4.07. The van der Waals surface area contributed by atoms with Gasteiger partial charge in [-0.15, -0.1) is 0 Å². The van der Waals surface area contributed by atoms with E-state index >= 15 is 0 Å². The van der Waals surface area contributed by atoms with Crippen molar-refractivity contribution in [1.29, 1.82) is 0 Å². The van der Waals surface area contributed by atoms with Crippen molar-refractivity contribution in [3.63, 3.8) is 0 Å². The maximum Gasteiger partial charge on any atom is 0.340 e. The highest BCUT2D eigenvalue weighted by Gasteiger charge is 2.25. The first-order valence-corrected chi connectivity index (χ1v) is 11.2. The number of para-hydroxylation sites is 2. The standard InChI is InChI=1S/C24H24N2O4S/c1-3-23(18-19-11-10-16-22(17-19)30-2)31(28,29)25-24(27)26(20-12-6-4-7-13-20)21-14-8-5-9-15-21/h4-18H,3H2,1-2H3,(H,25,27). The molecule has 0 fully saturated rings. The number of allylic oxidation sites excluding steroid dienone is 1. The quantitative estimate of drug-likeness (QED) is 0.544. The number of hydrogen-bond donors (Lipinski definition) is 1. The molecule has 6 nitrogen and oxygen atoms in total. The van der Waals surface area contributed by atoms with E-state index in [9.17, 15) is 13.2 Å². The number of hydrogen-bond acceptors (Lipinski definition) is 4. The summed E-state index contributed by atoms with van der Waals surface area (Å²) >= 11 is 0. The lowest BCUT2D eigenvalue weighted by Gasteiger charge is -2.23. The number of sulfonamides is 1. The number of benzene rings is 3. The van der Waals surface area contributed by atoms with Crippen LogP contribution in [0.25, 0.3) is 6.08 Å². The molecule has 0 heterocycles. The van der Waals surface area contributed by atoms with Crippen molar-refractivity contribution in [2.75, 3.05) is 12.0 Å².